The number of ether oxygens (including phenoxy) is 1. The molecule has 0 saturated carbocycles. The third kappa shape index (κ3) is 5.89. The van der Waals surface area contributed by atoms with Crippen LogP contribution in [-0.2, 0) is 4.74 Å². The molecule has 1 fully saturated rings. The van der Waals surface area contributed by atoms with Gasteiger partial charge in [-0.3, -0.25) is 0 Å². The maximum atomic E-state index is 5.30. The summed E-state index contributed by atoms with van der Waals surface area (Å²) in [6.45, 7) is 3.05. The van der Waals surface area contributed by atoms with Crippen molar-refractivity contribution in [2.45, 2.75) is 38.1 Å². The molecule has 0 aliphatic carbocycles. The maximum Gasteiger partial charge on any atom is 0.0620 e. The molecule has 2 nitrogen and oxygen atoms in total. The van der Waals surface area contributed by atoms with Gasteiger partial charge in [-0.2, -0.15) is 11.8 Å². The first-order valence-electron chi connectivity index (χ1n) is 5.73. The van der Waals surface area contributed by atoms with Crippen molar-refractivity contribution >= 4 is 11.8 Å². The third-order valence-electron chi connectivity index (χ3n) is 2.64. The van der Waals surface area contributed by atoms with Gasteiger partial charge in [-0.15, -0.1) is 0 Å². The Balaban J connectivity index is 1.75. The van der Waals surface area contributed by atoms with Crippen molar-refractivity contribution in [1.29, 1.82) is 0 Å². The van der Waals surface area contributed by atoms with Crippen LogP contribution in [0.1, 0.15) is 32.1 Å². The lowest BCUT2D eigenvalue weighted by Gasteiger charge is -2.09. The van der Waals surface area contributed by atoms with Crippen molar-refractivity contribution in [1.82, 2.24) is 5.32 Å². The highest BCUT2D eigenvalue weighted by molar-refractivity contribution is 7.98. The Morgan fingerprint density at radius 2 is 2.14 bits per heavy atom. The lowest BCUT2D eigenvalue weighted by atomic mass is 10.2. The predicted octanol–water partition coefficient (Wildman–Crippen LogP) is 2.29. The summed E-state index contributed by atoms with van der Waals surface area (Å²) in [5.74, 6) is 1.32. The molecule has 0 amide bonds. The fourth-order valence-electron chi connectivity index (χ4n) is 1.73. The van der Waals surface area contributed by atoms with Crippen LogP contribution >= 0.6 is 11.8 Å². The zero-order valence-electron chi connectivity index (χ0n) is 9.26. The molecule has 84 valence electrons. The molecule has 14 heavy (non-hydrogen) atoms. The summed E-state index contributed by atoms with van der Waals surface area (Å²) < 4.78 is 5.30. The van der Waals surface area contributed by atoms with Crippen LogP contribution in [0.5, 0.6) is 0 Å². The Labute approximate surface area is 92.2 Å². The normalized spacial score (nSPS) is 21.6. The molecule has 1 atom stereocenters. The van der Waals surface area contributed by atoms with E-state index in [0.717, 1.165) is 13.2 Å². The van der Waals surface area contributed by atoms with Crippen LogP contribution in [0.2, 0.25) is 0 Å². The van der Waals surface area contributed by atoms with Gasteiger partial charge in [-0.05, 0) is 37.8 Å². The van der Waals surface area contributed by atoms with Gasteiger partial charge >= 0.3 is 0 Å². The largest absolute Gasteiger partial charge is 0.380 e. The molecule has 1 aliphatic heterocycles. The van der Waals surface area contributed by atoms with Gasteiger partial charge < -0.3 is 10.1 Å². The molecular weight excluding hydrogens is 194 g/mol. The van der Waals surface area contributed by atoms with Crippen LogP contribution in [-0.4, -0.2) is 37.8 Å². The molecule has 1 aliphatic rings. The molecule has 3 heteroatoms. The Morgan fingerprint density at radius 1 is 1.29 bits per heavy atom. The summed E-state index contributed by atoms with van der Waals surface area (Å²) in [6, 6.07) is 0.640. The molecule has 0 aromatic rings. The number of rotatable bonds is 8. The average molecular weight is 217 g/mol. The zero-order valence-corrected chi connectivity index (χ0v) is 10.1. The highest BCUT2D eigenvalue weighted by Crippen LogP contribution is 2.06. The number of nitrogens with one attached hydrogen (secondary N) is 1. The van der Waals surface area contributed by atoms with E-state index < -0.39 is 0 Å². The van der Waals surface area contributed by atoms with Crippen molar-refractivity contribution in [3.8, 4) is 0 Å². The van der Waals surface area contributed by atoms with Crippen LogP contribution in [0.4, 0.5) is 0 Å². The van der Waals surface area contributed by atoms with Gasteiger partial charge in [0.1, 0.15) is 0 Å². The van der Waals surface area contributed by atoms with Crippen LogP contribution in [0.3, 0.4) is 0 Å². The first-order valence-corrected chi connectivity index (χ1v) is 7.13. The molecule has 1 rings (SSSR count). The highest BCUT2D eigenvalue weighted by atomic mass is 32.2. The summed E-state index contributed by atoms with van der Waals surface area (Å²) in [6.07, 6.45) is 8.86. The second-order valence-corrected chi connectivity index (χ2v) is 4.91. The molecule has 1 unspecified atom stereocenters. The van der Waals surface area contributed by atoms with Crippen LogP contribution in [0.25, 0.3) is 0 Å². The molecule has 0 spiro atoms. The van der Waals surface area contributed by atoms with Gasteiger partial charge in [0, 0.05) is 12.6 Å². The maximum absolute atomic E-state index is 5.30. The summed E-state index contributed by atoms with van der Waals surface area (Å²) in [7, 11) is 0. The van der Waals surface area contributed by atoms with Gasteiger partial charge in [-0.25, -0.2) is 0 Å². The van der Waals surface area contributed by atoms with E-state index in [0.29, 0.717) is 6.04 Å². The first-order chi connectivity index (χ1) is 6.93. The molecule has 0 bridgehead atoms. The lowest BCUT2D eigenvalue weighted by molar-refractivity contribution is 0.190. The highest BCUT2D eigenvalue weighted by Gasteiger charge is 2.13. The third-order valence-corrected chi connectivity index (χ3v) is 3.33. The zero-order chi connectivity index (χ0) is 10.1. The summed E-state index contributed by atoms with van der Waals surface area (Å²) in [5.41, 5.74) is 0. The molecule has 1 saturated heterocycles. The Kier molecular flexibility index (Phi) is 7.55. The summed E-state index contributed by atoms with van der Waals surface area (Å²) >= 11 is 1.95. The minimum Gasteiger partial charge on any atom is -0.380 e. The summed E-state index contributed by atoms with van der Waals surface area (Å²) in [5, 5.41) is 3.54. The van der Waals surface area contributed by atoms with E-state index >= 15 is 0 Å². The van der Waals surface area contributed by atoms with Crippen molar-refractivity contribution in [3.05, 3.63) is 0 Å². The fourth-order valence-corrected chi connectivity index (χ4v) is 2.22. The molecule has 1 N–H and O–H groups in total. The van der Waals surface area contributed by atoms with Gasteiger partial charge in [0.2, 0.25) is 0 Å². The number of hydrogen-bond acceptors (Lipinski definition) is 3. The van der Waals surface area contributed by atoms with E-state index in [4.69, 9.17) is 4.74 Å². The number of hydrogen-bond donors (Lipinski definition) is 1. The number of unbranched alkanes of at least 4 members (excludes halogenated alkanes) is 3. The van der Waals surface area contributed by atoms with Crippen molar-refractivity contribution < 1.29 is 4.74 Å². The second-order valence-electron chi connectivity index (χ2n) is 3.92. The Bertz CT molecular complexity index is 126. The summed E-state index contributed by atoms with van der Waals surface area (Å²) in [4.78, 5) is 0. The van der Waals surface area contributed by atoms with E-state index in [9.17, 15) is 0 Å². The standard InChI is InChI=1S/C11H23NOS/c1-14-9-5-3-2-4-7-12-11-6-8-13-10-11/h11-12H,2-10H2,1H3. The van der Waals surface area contributed by atoms with E-state index in [1.165, 1.54) is 44.4 Å². The Morgan fingerprint density at radius 3 is 2.86 bits per heavy atom. The molecular formula is C11H23NOS. The Hall–Kier alpha value is 0.270. The molecule has 0 aromatic heterocycles. The monoisotopic (exact) mass is 217 g/mol. The van der Waals surface area contributed by atoms with Gasteiger partial charge in [-0.1, -0.05) is 12.8 Å². The minimum atomic E-state index is 0.640. The SMILES string of the molecule is CSCCCCCCNC1CCOC1. The molecule has 0 radical (unpaired) electrons. The van der Waals surface area contributed by atoms with Crippen molar-refractivity contribution in [3.63, 3.8) is 0 Å². The van der Waals surface area contributed by atoms with Crippen molar-refractivity contribution in [2.75, 3.05) is 31.8 Å². The van der Waals surface area contributed by atoms with Crippen LogP contribution in [0.15, 0.2) is 0 Å². The smallest absolute Gasteiger partial charge is 0.0620 e. The molecule has 0 aromatic carbocycles. The fraction of sp³-hybridized carbons (Fsp3) is 1.00. The van der Waals surface area contributed by atoms with Gasteiger partial charge in [0.25, 0.3) is 0 Å². The van der Waals surface area contributed by atoms with Crippen LogP contribution < -0.4 is 5.32 Å². The van der Waals surface area contributed by atoms with E-state index in [2.05, 4.69) is 11.6 Å². The topological polar surface area (TPSA) is 21.3 Å². The minimum absolute atomic E-state index is 0.640. The van der Waals surface area contributed by atoms with Crippen molar-refractivity contribution in [2.24, 2.45) is 0 Å². The van der Waals surface area contributed by atoms with E-state index in [-0.39, 0.29) is 0 Å². The van der Waals surface area contributed by atoms with Gasteiger partial charge in [0.05, 0.1) is 6.61 Å². The number of thioether (sulfide) groups is 1. The quantitative estimate of drug-likeness (QED) is 0.630. The molecule has 1 heterocycles. The average Bonchev–Trinajstić information content (AvgIpc) is 2.69. The van der Waals surface area contributed by atoms with Crippen LogP contribution in [0, 0.1) is 0 Å². The van der Waals surface area contributed by atoms with E-state index in [1.54, 1.807) is 0 Å². The predicted molar refractivity (Wildman–Crippen MR) is 64.1 cm³/mol. The first kappa shape index (κ1) is 12.3. The van der Waals surface area contributed by atoms with Gasteiger partial charge in [0.15, 0.2) is 0 Å². The second kappa shape index (κ2) is 8.57. The van der Waals surface area contributed by atoms with E-state index in [1.807, 2.05) is 11.8 Å². The lowest BCUT2D eigenvalue weighted by Crippen LogP contribution is -2.29.